The highest BCUT2D eigenvalue weighted by molar-refractivity contribution is 5.26. The summed E-state index contributed by atoms with van der Waals surface area (Å²) in [6.07, 6.45) is 7.58. The Morgan fingerprint density at radius 3 is 2.69 bits per heavy atom. The summed E-state index contributed by atoms with van der Waals surface area (Å²) in [6.45, 7) is 6.37. The number of aromatic nitrogens is 2. The van der Waals surface area contributed by atoms with Crippen molar-refractivity contribution in [3.8, 4) is 0 Å². The summed E-state index contributed by atoms with van der Waals surface area (Å²) < 4.78 is 0. The van der Waals surface area contributed by atoms with Gasteiger partial charge in [0.2, 0.25) is 0 Å². The first-order chi connectivity index (χ1) is 6.29. The molecular weight excluding hydrogens is 160 g/mol. The van der Waals surface area contributed by atoms with Crippen LogP contribution in [0, 0.1) is 6.92 Å². The molecule has 0 aromatic carbocycles. The van der Waals surface area contributed by atoms with E-state index in [1.54, 1.807) is 0 Å². The van der Waals surface area contributed by atoms with Gasteiger partial charge in [0.05, 0.1) is 5.69 Å². The van der Waals surface area contributed by atoms with Crippen LogP contribution in [-0.2, 0) is 12.8 Å². The number of rotatable bonds is 4. The number of nitrogens with zero attached hydrogens (tertiary/aromatic N) is 1. The van der Waals surface area contributed by atoms with Crippen molar-refractivity contribution >= 4 is 0 Å². The molecule has 1 aromatic rings. The fourth-order valence-electron chi connectivity index (χ4n) is 1.44. The molecule has 0 aliphatic heterocycles. The SMILES string of the molecule is CC/C=C\Cc1c(C)n[nH]c1CC. The lowest BCUT2D eigenvalue weighted by Gasteiger charge is -1.97. The summed E-state index contributed by atoms with van der Waals surface area (Å²) in [4.78, 5) is 0. The predicted molar refractivity (Wildman–Crippen MR) is 55.8 cm³/mol. The van der Waals surface area contributed by atoms with Crippen LogP contribution < -0.4 is 0 Å². The summed E-state index contributed by atoms with van der Waals surface area (Å²) in [6, 6.07) is 0. The number of aryl methyl sites for hydroxylation is 2. The van der Waals surface area contributed by atoms with Crippen LogP contribution in [0.3, 0.4) is 0 Å². The molecule has 0 radical (unpaired) electrons. The Hall–Kier alpha value is -1.05. The Morgan fingerprint density at radius 2 is 2.08 bits per heavy atom. The van der Waals surface area contributed by atoms with Crippen molar-refractivity contribution in [1.29, 1.82) is 0 Å². The van der Waals surface area contributed by atoms with Gasteiger partial charge in [0.1, 0.15) is 0 Å². The van der Waals surface area contributed by atoms with Crippen molar-refractivity contribution in [3.05, 3.63) is 29.1 Å². The van der Waals surface area contributed by atoms with E-state index in [9.17, 15) is 0 Å². The molecule has 72 valence electrons. The molecule has 0 atom stereocenters. The Labute approximate surface area is 80.1 Å². The first-order valence-corrected chi connectivity index (χ1v) is 4.97. The van der Waals surface area contributed by atoms with E-state index in [1.807, 2.05) is 0 Å². The lowest BCUT2D eigenvalue weighted by atomic mass is 10.1. The van der Waals surface area contributed by atoms with Crippen LogP contribution in [0.5, 0.6) is 0 Å². The number of nitrogens with one attached hydrogen (secondary N) is 1. The average molecular weight is 178 g/mol. The molecule has 1 aromatic heterocycles. The third-order valence-electron chi connectivity index (χ3n) is 2.24. The summed E-state index contributed by atoms with van der Waals surface area (Å²) >= 11 is 0. The van der Waals surface area contributed by atoms with Crippen LogP contribution in [0.4, 0.5) is 0 Å². The van der Waals surface area contributed by atoms with Gasteiger partial charge in [-0.25, -0.2) is 0 Å². The Balaban J connectivity index is 2.73. The van der Waals surface area contributed by atoms with Crippen molar-refractivity contribution < 1.29 is 0 Å². The molecule has 0 saturated carbocycles. The van der Waals surface area contributed by atoms with Gasteiger partial charge >= 0.3 is 0 Å². The molecule has 1 rings (SSSR count). The molecule has 2 nitrogen and oxygen atoms in total. The quantitative estimate of drug-likeness (QED) is 0.706. The van der Waals surface area contributed by atoms with Gasteiger partial charge in [-0.3, -0.25) is 5.10 Å². The van der Waals surface area contributed by atoms with Gasteiger partial charge in [-0.15, -0.1) is 0 Å². The van der Waals surface area contributed by atoms with Gasteiger partial charge in [0.15, 0.2) is 0 Å². The van der Waals surface area contributed by atoms with Crippen molar-refractivity contribution in [1.82, 2.24) is 10.2 Å². The van der Waals surface area contributed by atoms with Gasteiger partial charge < -0.3 is 0 Å². The Bertz CT molecular complexity index is 284. The number of allylic oxidation sites excluding steroid dienone is 2. The number of H-pyrrole nitrogens is 1. The maximum absolute atomic E-state index is 4.21. The molecule has 1 N–H and O–H groups in total. The maximum Gasteiger partial charge on any atom is 0.0629 e. The minimum absolute atomic E-state index is 1.01. The zero-order valence-corrected chi connectivity index (χ0v) is 8.72. The topological polar surface area (TPSA) is 28.7 Å². The van der Waals surface area contributed by atoms with E-state index >= 15 is 0 Å². The van der Waals surface area contributed by atoms with Crippen LogP contribution >= 0.6 is 0 Å². The van der Waals surface area contributed by atoms with Gasteiger partial charge in [0.25, 0.3) is 0 Å². The largest absolute Gasteiger partial charge is 0.282 e. The minimum Gasteiger partial charge on any atom is -0.282 e. The fourth-order valence-corrected chi connectivity index (χ4v) is 1.44. The lowest BCUT2D eigenvalue weighted by molar-refractivity contribution is 0.957. The Kier molecular flexibility index (Phi) is 3.74. The normalized spacial score (nSPS) is 11.3. The zero-order chi connectivity index (χ0) is 9.68. The van der Waals surface area contributed by atoms with E-state index in [-0.39, 0.29) is 0 Å². The summed E-state index contributed by atoms with van der Waals surface area (Å²) in [7, 11) is 0. The van der Waals surface area contributed by atoms with Gasteiger partial charge in [-0.05, 0) is 31.7 Å². The first kappa shape index (κ1) is 10.0. The standard InChI is InChI=1S/C11H18N2/c1-4-6-7-8-10-9(3)12-13-11(10)5-2/h6-7H,4-5,8H2,1-3H3,(H,12,13)/b7-6-. The molecule has 0 saturated heterocycles. The van der Waals surface area contributed by atoms with Crippen molar-refractivity contribution in [2.24, 2.45) is 0 Å². The van der Waals surface area contributed by atoms with Crippen LogP contribution in [-0.4, -0.2) is 10.2 Å². The van der Waals surface area contributed by atoms with Crippen molar-refractivity contribution in [2.45, 2.75) is 40.0 Å². The second-order valence-corrected chi connectivity index (χ2v) is 3.20. The third-order valence-corrected chi connectivity index (χ3v) is 2.24. The highest BCUT2D eigenvalue weighted by Gasteiger charge is 2.05. The average Bonchev–Trinajstić information content (AvgIpc) is 2.48. The Morgan fingerprint density at radius 1 is 1.31 bits per heavy atom. The molecule has 0 amide bonds. The van der Waals surface area contributed by atoms with E-state index < -0.39 is 0 Å². The van der Waals surface area contributed by atoms with E-state index in [1.165, 1.54) is 11.3 Å². The maximum atomic E-state index is 4.21. The highest BCUT2D eigenvalue weighted by Crippen LogP contribution is 2.12. The van der Waals surface area contributed by atoms with Crippen molar-refractivity contribution in [3.63, 3.8) is 0 Å². The minimum atomic E-state index is 1.01. The molecule has 0 spiro atoms. The second-order valence-electron chi connectivity index (χ2n) is 3.20. The molecule has 0 aliphatic rings. The summed E-state index contributed by atoms with van der Waals surface area (Å²) in [5, 5.41) is 7.27. The molecule has 2 heteroatoms. The molecule has 13 heavy (non-hydrogen) atoms. The summed E-state index contributed by atoms with van der Waals surface area (Å²) in [5.41, 5.74) is 3.78. The molecular formula is C11H18N2. The number of hydrogen-bond donors (Lipinski definition) is 1. The van der Waals surface area contributed by atoms with Crippen LogP contribution in [0.1, 0.15) is 37.2 Å². The molecule has 0 fully saturated rings. The highest BCUT2D eigenvalue weighted by atomic mass is 15.1. The van der Waals surface area contributed by atoms with Gasteiger partial charge in [-0.1, -0.05) is 26.0 Å². The molecule has 0 unspecified atom stereocenters. The molecule has 0 bridgehead atoms. The molecule has 1 heterocycles. The van der Waals surface area contributed by atoms with Gasteiger partial charge in [-0.2, -0.15) is 5.10 Å². The number of hydrogen-bond acceptors (Lipinski definition) is 1. The van der Waals surface area contributed by atoms with E-state index in [4.69, 9.17) is 0 Å². The van der Waals surface area contributed by atoms with Crippen LogP contribution in [0.15, 0.2) is 12.2 Å². The smallest absolute Gasteiger partial charge is 0.0629 e. The second kappa shape index (κ2) is 4.85. The zero-order valence-electron chi connectivity index (χ0n) is 8.72. The predicted octanol–water partition coefficient (Wildman–Crippen LogP) is 2.79. The molecule has 0 aliphatic carbocycles. The first-order valence-electron chi connectivity index (χ1n) is 4.97. The lowest BCUT2D eigenvalue weighted by Crippen LogP contribution is -1.89. The fraction of sp³-hybridized carbons (Fsp3) is 0.545. The van der Waals surface area contributed by atoms with E-state index in [0.717, 1.165) is 25.0 Å². The van der Waals surface area contributed by atoms with E-state index in [2.05, 4.69) is 43.1 Å². The monoisotopic (exact) mass is 178 g/mol. The van der Waals surface area contributed by atoms with Crippen LogP contribution in [0.2, 0.25) is 0 Å². The van der Waals surface area contributed by atoms with Gasteiger partial charge in [0, 0.05) is 5.69 Å². The third kappa shape index (κ3) is 2.44. The summed E-state index contributed by atoms with van der Waals surface area (Å²) in [5.74, 6) is 0. The van der Waals surface area contributed by atoms with E-state index in [0.29, 0.717) is 0 Å². The van der Waals surface area contributed by atoms with Crippen LogP contribution in [0.25, 0.3) is 0 Å². The number of aromatic amines is 1. The van der Waals surface area contributed by atoms with Crippen molar-refractivity contribution in [2.75, 3.05) is 0 Å².